The predicted octanol–water partition coefficient (Wildman–Crippen LogP) is 23.2. The number of rotatable bonds is 31. The average Bonchev–Trinajstić information content (AvgIpc) is 4.49. The Balaban J connectivity index is 1.20. The number of thiophene rings is 2. The minimum Gasteiger partial charge on any atom is -0.173 e. The fraction of sp³-hybridized carbons (Fsp3) is 0.588. The Morgan fingerprint density at radius 3 is 1.29 bits per heavy atom. The highest BCUT2D eigenvalue weighted by atomic mass is 32.1. The Hall–Kier alpha value is -3.56. The van der Waals surface area contributed by atoms with Crippen molar-refractivity contribution in [1.82, 2.24) is 17.5 Å². The smallest absolute Gasteiger partial charge is 0.114 e. The van der Waals surface area contributed by atoms with E-state index in [1.165, 1.54) is 286 Å². The first-order chi connectivity index (χ1) is 37.3. The van der Waals surface area contributed by atoms with Crippen LogP contribution in [0.4, 0.5) is 0 Å². The standard InChI is InChI=1S/C68H90N4S4/c1-9-15-21-27-33-47(34-28-22-16-10-2)58-51-40-46(8)73-65(51)66-52(58)44-57(74-66)50-43-56-60(64-62(50)70-76-72-64)49-42-53-48(41-54(49)68(56,37-31-25-19-13-5)38-32-26-20-14-6)59-55(39-45(7)61-63(59)71-75-69-61)67(53,35-29-23-17-11-3)36-30-24-18-12-4/h39-44H,9-38H2,1-8H3. The number of hydrogen-bond donors (Lipinski definition) is 0. The summed E-state index contributed by atoms with van der Waals surface area (Å²) in [5.41, 5.74) is 25.1. The third kappa shape index (κ3) is 10.4. The largest absolute Gasteiger partial charge is 0.173 e. The van der Waals surface area contributed by atoms with E-state index in [2.05, 4.69) is 91.8 Å². The lowest BCUT2D eigenvalue weighted by atomic mass is 9.68. The van der Waals surface area contributed by atoms with Gasteiger partial charge in [0.2, 0.25) is 0 Å². The topological polar surface area (TPSA) is 51.6 Å². The van der Waals surface area contributed by atoms with E-state index in [-0.39, 0.29) is 10.8 Å². The highest BCUT2D eigenvalue weighted by Gasteiger charge is 2.50. The van der Waals surface area contributed by atoms with Crippen molar-refractivity contribution >= 4 is 73.8 Å². The normalized spacial score (nSPS) is 14.5. The lowest BCUT2D eigenvalue weighted by molar-refractivity contribution is 0.397. The number of benzene rings is 3. The number of nitrogens with zero attached hydrogens (tertiary/aromatic N) is 4. The maximum atomic E-state index is 5.47. The van der Waals surface area contributed by atoms with Crippen molar-refractivity contribution in [1.29, 1.82) is 0 Å². The molecule has 0 saturated carbocycles. The second kappa shape index (κ2) is 25.3. The lowest BCUT2D eigenvalue weighted by Gasteiger charge is -2.35. The highest BCUT2D eigenvalue weighted by molar-refractivity contribution is 7.24. The van der Waals surface area contributed by atoms with Gasteiger partial charge in [-0.3, -0.25) is 0 Å². The first-order valence-corrected chi connectivity index (χ1v) is 34.1. The van der Waals surface area contributed by atoms with E-state index >= 15 is 0 Å². The highest BCUT2D eigenvalue weighted by Crippen LogP contribution is 2.64. The Bertz CT molecular complexity index is 3100. The Kier molecular flexibility index (Phi) is 18.5. The van der Waals surface area contributed by atoms with E-state index in [0.29, 0.717) is 0 Å². The van der Waals surface area contributed by atoms with Crippen molar-refractivity contribution in [2.75, 3.05) is 0 Å². The van der Waals surface area contributed by atoms with E-state index < -0.39 is 0 Å². The van der Waals surface area contributed by atoms with Crippen molar-refractivity contribution in [3.8, 4) is 42.4 Å². The quantitative estimate of drug-likeness (QED) is 0.0407. The van der Waals surface area contributed by atoms with Gasteiger partial charge in [0, 0.05) is 48.4 Å². The van der Waals surface area contributed by atoms with Crippen molar-refractivity contribution < 1.29 is 0 Å². The molecule has 0 bridgehead atoms. The molecule has 0 amide bonds. The number of aromatic nitrogens is 4. The van der Waals surface area contributed by atoms with Gasteiger partial charge in [-0.1, -0.05) is 194 Å². The fourth-order valence-electron chi connectivity index (χ4n) is 14.5. The molecule has 10 rings (SSSR count). The minimum absolute atomic E-state index is 0.0661. The molecule has 8 heteroatoms. The van der Waals surface area contributed by atoms with Gasteiger partial charge in [-0.2, -0.15) is 17.5 Å². The predicted molar refractivity (Wildman–Crippen MR) is 335 cm³/mol. The molecule has 3 aromatic carbocycles. The molecule has 0 spiro atoms. The molecule has 4 aromatic heterocycles. The van der Waals surface area contributed by atoms with Crippen LogP contribution in [0.15, 0.2) is 42.0 Å². The van der Waals surface area contributed by atoms with Crippen LogP contribution in [0.3, 0.4) is 0 Å². The number of allylic oxidation sites excluding steroid dienone is 1. The molecule has 0 unspecified atom stereocenters. The third-order valence-electron chi connectivity index (χ3n) is 18.5. The number of unbranched alkanes of at least 4 members (excludes halogenated alkanes) is 18. The molecule has 3 aliphatic rings. The van der Waals surface area contributed by atoms with Crippen molar-refractivity contribution in [2.24, 2.45) is 0 Å². The van der Waals surface area contributed by atoms with Gasteiger partial charge in [-0.25, -0.2) is 0 Å². The van der Waals surface area contributed by atoms with Gasteiger partial charge in [-0.05, 0) is 140 Å². The molecule has 3 aliphatic carbocycles. The zero-order chi connectivity index (χ0) is 52.8. The van der Waals surface area contributed by atoms with Crippen LogP contribution in [0.5, 0.6) is 0 Å². The Labute approximate surface area is 475 Å². The zero-order valence-corrected chi connectivity index (χ0v) is 51.4. The zero-order valence-electron chi connectivity index (χ0n) is 48.1. The first kappa shape index (κ1) is 55.7. The molecule has 406 valence electrons. The van der Waals surface area contributed by atoms with Crippen molar-refractivity contribution in [3.05, 3.63) is 85.8 Å². The minimum atomic E-state index is -0.126. The van der Waals surface area contributed by atoms with Crippen LogP contribution in [0.25, 0.3) is 70.1 Å². The first-order valence-electron chi connectivity index (χ1n) is 31.0. The van der Waals surface area contributed by atoms with E-state index in [1.807, 2.05) is 22.7 Å². The van der Waals surface area contributed by atoms with E-state index in [1.54, 1.807) is 27.8 Å². The second-order valence-electron chi connectivity index (χ2n) is 23.8. The second-order valence-corrected chi connectivity index (χ2v) is 27.2. The van der Waals surface area contributed by atoms with E-state index in [0.717, 1.165) is 22.1 Å². The Morgan fingerprint density at radius 2 is 0.789 bits per heavy atom. The van der Waals surface area contributed by atoms with Gasteiger partial charge in [-0.15, -0.1) is 22.7 Å². The van der Waals surface area contributed by atoms with Gasteiger partial charge in [0.15, 0.2) is 0 Å². The molecule has 7 aromatic rings. The van der Waals surface area contributed by atoms with Crippen LogP contribution in [0.2, 0.25) is 0 Å². The Morgan fingerprint density at radius 1 is 0.382 bits per heavy atom. The summed E-state index contributed by atoms with van der Waals surface area (Å²) in [5.74, 6) is 0. The van der Waals surface area contributed by atoms with Crippen LogP contribution >= 0.6 is 46.1 Å². The molecule has 0 saturated heterocycles. The maximum absolute atomic E-state index is 5.47. The van der Waals surface area contributed by atoms with Crippen molar-refractivity contribution in [3.63, 3.8) is 0 Å². The van der Waals surface area contributed by atoms with Gasteiger partial charge in [0.25, 0.3) is 0 Å². The fourth-order valence-corrected chi connectivity index (χ4v) is 18.1. The molecule has 0 atom stereocenters. The van der Waals surface area contributed by atoms with Crippen LogP contribution in [0.1, 0.15) is 278 Å². The molecule has 0 radical (unpaired) electrons. The van der Waals surface area contributed by atoms with E-state index in [9.17, 15) is 0 Å². The SMILES string of the molecule is CCCCCCC(CCCCCC)=C1c2cc(C)sc2-c2sc(-c3cc4c(c5nsnc35)-c3cc5c(cc3C4(CCCCCC)CCCCCC)-c3c(cc(C)c4nsnc34)C5(CCCCCC)CCCCCC)cc21. The maximum Gasteiger partial charge on any atom is 0.114 e. The molecule has 0 N–H and O–H groups in total. The molecular weight excluding hydrogens is 1000 g/mol. The van der Waals surface area contributed by atoms with Crippen LogP contribution in [-0.4, -0.2) is 17.5 Å². The van der Waals surface area contributed by atoms with Gasteiger partial charge < -0.3 is 0 Å². The van der Waals surface area contributed by atoms with Gasteiger partial charge in [0.05, 0.1) is 33.2 Å². The molecule has 4 nitrogen and oxygen atoms in total. The summed E-state index contributed by atoms with van der Waals surface area (Å²) in [5, 5.41) is 0. The summed E-state index contributed by atoms with van der Waals surface area (Å²) in [7, 11) is 0. The van der Waals surface area contributed by atoms with Gasteiger partial charge >= 0.3 is 0 Å². The molecule has 0 fully saturated rings. The van der Waals surface area contributed by atoms with Crippen LogP contribution in [-0.2, 0) is 10.8 Å². The molecule has 0 aliphatic heterocycles. The van der Waals surface area contributed by atoms with Crippen molar-refractivity contribution in [2.45, 2.75) is 259 Å². The summed E-state index contributed by atoms with van der Waals surface area (Å²) in [6.45, 7) is 18.8. The average molecular weight is 1090 g/mol. The number of fused-ring (bicyclic) bond motifs is 13. The number of hydrogen-bond acceptors (Lipinski definition) is 8. The lowest BCUT2D eigenvalue weighted by Crippen LogP contribution is -2.27. The monoisotopic (exact) mass is 1090 g/mol. The summed E-state index contributed by atoms with van der Waals surface area (Å²) in [6.07, 6.45) is 37.8. The molecule has 4 heterocycles. The summed E-state index contributed by atoms with van der Waals surface area (Å²) >= 11 is 6.91. The third-order valence-corrected chi connectivity index (χ3v) is 21.9. The molecule has 76 heavy (non-hydrogen) atoms. The molecular formula is C68H90N4S4. The number of aryl methyl sites for hydroxylation is 2. The van der Waals surface area contributed by atoms with Crippen LogP contribution in [0, 0.1) is 13.8 Å². The summed E-state index contributed by atoms with van der Waals surface area (Å²) in [6, 6.07) is 16.0. The van der Waals surface area contributed by atoms with Crippen LogP contribution < -0.4 is 0 Å². The van der Waals surface area contributed by atoms with E-state index in [4.69, 9.17) is 17.5 Å². The summed E-state index contributed by atoms with van der Waals surface area (Å²) < 4.78 is 21.1. The summed E-state index contributed by atoms with van der Waals surface area (Å²) in [4.78, 5) is 5.80. The van der Waals surface area contributed by atoms with Gasteiger partial charge in [0.1, 0.15) is 22.1 Å².